The molecule has 0 saturated heterocycles. The predicted molar refractivity (Wildman–Crippen MR) is 126 cm³/mol. The Morgan fingerprint density at radius 1 is 0.750 bits per heavy atom. The number of hydrogen-bond donors (Lipinski definition) is 0. The highest BCUT2D eigenvalue weighted by atomic mass is 32.3. The second-order valence-electron chi connectivity index (χ2n) is 7.60. The van der Waals surface area contributed by atoms with Crippen LogP contribution in [-0.4, -0.2) is 26.2 Å². The van der Waals surface area contributed by atoms with Gasteiger partial charge >= 0.3 is 0 Å². The van der Waals surface area contributed by atoms with Crippen molar-refractivity contribution in [1.82, 2.24) is 9.36 Å². The van der Waals surface area contributed by atoms with Crippen LogP contribution in [0.5, 0.6) is 0 Å². The van der Waals surface area contributed by atoms with Gasteiger partial charge in [-0.15, -0.1) is 3.71 Å². The average molecular weight is 488 g/mol. The number of pyridine rings is 1. The van der Waals surface area contributed by atoms with Crippen LogP contribution < -0.4 is 3.71 Å². The van der Waals surface area contributed by atoms with E-state index in [-0.39, 0.29) is 15.6 Å². The summed E-state index contributed by atoms with van der Waals surface area (Å²) >= 11 is 0.966. The molecule has 2 heterocycles. The first-order chi connectivity index (χ1) is 15.0. The number of fused-ring (bicyclic) bond motifs is 1. The van der Waals surface area contributed by atoms with Crippen molar-refractivity contribution in [2.24, 2.45) is 0 Å². The fourth-order valence-corrected chi connectivity index (χ4v) is 7.96. The number of rotatable bonds is 5. The zero-order chi connectivity index (χ0) is 23.3. The van der Waals surface area contributed by atoms with Crippen LogP contribution in [0, 0.1) is 27.7 Å². The first-order valence-electron chi connectivity index (χ1n) is 9.69. The maximum absolute atomic E-state index is 13.7. The van der Waals surface area contributed by atoms with Gasteiger partial charge in [0.25, 0.3) is 20.0 Å². The Kier molecular flexibility index (Phi) is 5.56. The molecule has 0 saturated carbocycles. The molecule has 4 rings (SSSR count). The first kappa shape index (κ1) is 22.4. The van der Waals surface area contributed by atoms with Gasteiger partial charge in [0.15, 0.2) is 5.82 Å². The Bertz CT molecular complexity index is 1450. The molecule has 0 bridgehead atoms. The molecule has 2 aromatic heterocycles. The van der Waals surface area contributed by atoms with Crippen molar-refractivity contribution in [1.29, 1.82) is 0 Å². The van der Waals surface area contributed by atoms with Crippen molar-refractivity contribution in [2.45, 2.75) is 37.5 Å². The van der Waals surface area contributed by atoms with Crippen molar-refractivity contribution in [2.75, 3.05) is 3.71 Å². The van der Waals surface area contributed by atoms with E-state index < -0.39 is 20.0 Å². The summed E-state index contributed by atoms with van der Waals surface area (Å²) in [7, 11) is -9.03. The minimum Gasteiger partial charge on any atom is -0.241 e. The van der Waals surface area contributed by atoms with E-state index in [4.69, 9.17) is 0 Å². The second kappa shape index (κ2) is 7.95. The summed E-state index contributed by atoms with van der Waals surface area (Å²) in [5, 5.41) is 0.395. The lowest BCUT2D eigenvalue weighted by atomic mass is 10.2. The summed E-state index contributed by atoms with van der Waals surface area (Å²) in [5.74, 6) is -0.170. The minimum absolute atomic E-state index is 0.141. The molecule has 7 nitrogen and oxygen atoms in total. The molecule has 0 amide bonds. The first-order valence-corrected chi connectivity index (χ1v) is 13.3. The molecule has 0 aliphatic heterocycles. The average Bonchev–Trinajstić information content (AvgIpc) is 3.11. The van der Waals surface area contributed by atoms with Gasteiger partial charge in [0, 0.05) is 5.69 Å². The van der Waals surface area contributed by atoms with Crippen LogP contribution in [0.25, 0.3) is 10.2 Å². The number of benzene rings is 2. The highest BCUT2D eigenvalue weighted by molar-refractivity contribution is 8.10. The lowest BCUT2D eigenvalue weighted by molar-refractivity contribution is 0.584. The summed E-state index contributed by atoms with van der Waals surface area (Å²) in [6.45, 7) is 7.24. The molecule has 0 spiro atoms. The van der Waals surface area contributed by atoms with Gasteiger partial charge in [-0.3, -0.25) is 0 Å². The van der Waals surface area contributed by atoms with Crippen LogP contribution in [0.1, 0.15) is 22.4 Å². The maximum Gasteiger partial charge on any atom is 0.279 e. The molecule has 0 aliphatic rings. The SMILES string of the molecule is Cc1ccc(S(=O)(=O)N(c2nsc3nc(C)cc(C)c23)S(=O)(=O)c2ccc(C)cc2)cc1. The number of anilines is 1. The third-order valence-corrected chi connectivity index (χ3v) is 9.87. The standard InChI is InChI=1S/C22H21N3O4S3/c1-14-5-9-18(10-6-14)31(26,27)25(32(28,29)19-11-7-15(2)8-12-19)21-20-16(3)13-17(4)23-22(20)30-24-21/h5-13H,1-4H3. The largest absolute Gasteiger partial charge is 0.279 e. The zero-order valence-corrected chi connectivity index (χ0v) is 20.3. The number of hydrogen-bond acceptors (Lipinski definition) is 7. The lowest BCUT2D eigenvalue weighted by Crippen LogP contribution is -2.37. The monoisotopic (exact) mass is 487 g/mol. The fourth-order valence-electron chi connectivity index (χ4n) is 3.37. The van der Waals surface area contributed by atoms with Gasteiger partial charge in [-0.25, -0.2) is 4.98 Å². The predicted octanol–water partition coefficient (Wildman–Crippen LogP) is 4.51. The van der Waals surface area contributed by atoms with Crippen LogP contribution in [0.15, 0.2) is 64.4 Å². The van der Waals surface area contributed by atoms with Gasteiger partial charge in [0.05, 0.1) is 15.2 Å². The number of nitrogens with zero attached hydrogens (tertiary/aromatic N) is 3. The van der Waals surface area contributed by atoms with E-state index in [2.05, 4.69) is 9.36 Å². The molecule has 4 aromatic rings. The normalized spacial score (nSPS) is 12.2. The summed E-state index contributed by atoms with van der Waals surface area (Å²) in [6, 6.07) is 13.8. The van der Waals surface area contributed by atoms with Gasteiger partial charge in [0.1, 0.15) is 4.83 Å². The van der Waals surface area contributed by atoms with Crippen molar-refractivity contribution >= 4 is 47.6 Å². The molecule has 2 aromatic carbocycles. The van der Waals surface area contributed by atoms with Crippen LogP contribution in [-0.2, 0) is 20.0 Å². The number of aryl methyl sites for hydroxylation is 4. The van der Waals surface area contributed by atoms with Crippen molar-refractivity contribution in [3.63, 3.8) is 0 Å². The number of aromatic nitrogens is 2. The third kappa shape index (κ3) is 3.78. The Morgan fingerprint density at radius 2 is 1.22 bits per heavy atom. The Hall–Kier alpha value is -2.82. The van der Waals surface area contributed by atoms with E-state index in [9.17, 15) is 16.8 Å². The van der Waals surface area contributed by atoms with Crippen LogP contribution >= 0.6 is 11.5 Å². The van der Waals surface area contributed by atoms with Gasteiger partial charge in [-0.2, -0.15) is 21.2 Å². The second-order valence-corrected chi connectivity index (χ2v) is 12.2. The van der Waals surface area contributed by atoms with E-state index in [1.54, 1.807) is 37.3 Å². The zero-order valence-electron chi connectivity index (χ0n) is 17.9. The van der Waals surface area contributed by atoms with Crippen LogP contribution in [0.3, 0.4) is 0 Å². The molecule has 32 heavy (non-hydrogen) atoms. The molecule has 10 heteroatoms. The van der Waals surface area contributed by atoms with Crippen molar-refractivity contribution in [3.8, 4) is 0 Å². The van der Waals surface area contributed by atoms with Crippen LogP contribution in [0.2, 0.25) is 0 Å². The van der Waals surface area contributed by atoms with Crippen molar-refractivity contribution < 1.29 is 16.8 Å². The van der Waals surface area contributed by atoms with Gasteiger partial charge < -0.3 is 0 Å². The Labute approximate surface area is 191 Å². The maximum atomic E-state index is 13.7. The third-order valence-electron chi connectivity index (χ3n) is 5.00. The summed E-state index contributed by atoms with van der Waals surface area (Å²) in [6.07, 6.45) is 0. The molecular formula is C22H21N3O4S3. The fraction of sp³-hybridized carbons (Fsp3) is 0.182. The smallest absolute Gasteiger partial charge is 0.241 e. The molecular weight excluding hydrogens is 466 g/mol. The van der Waals surface area contributed by atoms with Gasteiger partial charge in [-0.05, 0) is 75.1 Å². The van der Waals surface area contributed by atoms with E-state index in [0.29, 0.717) is 19.5 Å². The quantitative estimate of drug-likeness (QED) is 0.411. The molecule has 0 aliphatic carbocycles. The Balaban J connectivity index is 2.04. The lowest BCUT2D eigenvalue weighted by Gasteiger charge is -2.23. The molecule has 0 unspecified atom stereocenters. The van der Waals surface area contributed by atoms with Gasteiger partial charge in [0.2, 0.25) is 0 Å². The topological polar surface area (TPSA) is 97.3 Å². The molecule has 0 N–H and O–H groups in total. The van der Waals surface area contributed by atoms with E-state index in [0.717, 1.165) is 28.4 Å². The van der Waals surface area contributed by atoms with Gasteiger partial charge in [-0.1, -0.05) is 35.4 Å². The highest BCUT2D eigenvalue weighted by Crippen LogP contribution is 2.38. The molecule has 0 atom stereocenters. The Morgan fingerprint density at radius 3 is 1.69 bits per heavy atom. The van der Waals surface area contributed by atoms with E-state index in [1.165, 1.54) is 24.3 Å². The highest BCUT2D eigenvalue weighted by Gasteiger charge is 2.40. The minimum atomic E-state index is -4.51. The summed E-state index contributed by atoms with van der Waals surface area (Å²) in [4.78, 5) is 4.60. The van der Waals surface area contributed by atoms with Crippen LogP contribution in [0.4, 0.5) is 5.82 Å². The number of sulfonamides is 2. The van der Waals surface area contributed by atoms with Crippen molar-refractivity contribution in [3.05, 3.63) is 77.0 Å². The summed E-state index contributed by atoms with van der Waals surface area (Å²) < 4.78 is 59.7. The van der Waals surface area contributed by atoms with E-state index in [1.807, 2.05) is 20.8 Å². The molecule has 0 fully saturated rings. The molecule has 0 radical (unpaired) electrons. The molecule has 166 valence electrons. The summed E-state index contributed by atoms with van der Waals surface area (Å²) in [5.41, 5.74) is 3.14. The van der Waals surface area contributed by atoms with E-state index >= 15 is 0 Å².